The number of nitrogens with one attached hydrogen (secondary N) is 1. The van der Waals surface area contributed by atoms with Crippen LogP contribution >= 0.6 is 15.9 Å². The number of nitro groups is 1. The Balaban J connectivity index is 2.69. The number of rotatable bonds is 6. The van der Waals surface area contributed by atoms with Crippen LogP contribution in [0.25, 0.3) is 0 Å². The maximum absolute atomic E-state index is 11.8. The van der Waals surface area contributed by atoms with Crippen molar-refractivity contribution in [2.24, 2.45) is 0 Å². The smallest absolute Gasteiger partial charge is 0.338 e. The highest BCUT2D eigenvalue weighted by Gasteiger charge is 2.20. The van der Waals surface area contributed by atoms with E-state index in [1.54, 1.807) is 0 Å². The van der Waals surface area contributed by atoms with Gasteiger partial charge in [0.05, 0.1) is 15.0 Å². The fraction of sp³-hybridized carbons (Fsp3) is 0.429. The Kier molecular flexibility index (Phi) is 6.04. The monoisotopic (exact) mass is 372 g/mol. The van der Waals surface area contributed by atoms with Gasteiger partial charge in [0.2, 0.25) is 0 Å². The van der Waals surface area contributed by atoms with Gasteiger partial charge >= 0.3 is 5.97 Å². The standard InChI is InChI=1S/C14H17BrN2O5/c1-4-14(2,3)16-12(18)8-22-13(19)9-5-6-10(15)11(7-9)17(20)21/h5-7H,4,8H2,1-3H3,(H,16,18). The molecule has 1 rings (SSSR count). The van der Waals surface area contributed by atoms with Crippen molar-refractivity contribution in [3.05, 3.63) is 38.3 Å². The molecule has 0 saturated carbocycles. The van der Waals surface area contributed by atoms with Crippen molar-refractivity contribution in [3.63, 3.8) is 0 Å². The SMILES string of the molecule is CCC(C)(C)NC(=O)COC(=O)c1ccc(Br)c([N+](=O)[O-])c1. The van der Waals surface area contributed by atoms with Crippen molar-refractivity contribution in [1.29, 1.82) is 0 Å². The zero-order valence-electron chi connectivity index (χ0n) is 12.5. The van der Waals surface area contributed by atoms with Gasteiger partial charge in [-0.15, -0.1) is 0 Å². The molecular weight excluding hydrogens is 356 g/mol. The number of amides is 1. The molecule has 0 aliphatic carbocycles. The third-order valence-corrected chi connectivity index (χ3v) is 3.75. The molecule has 0 atom stereocenters. The van der Waals surface area contributed by atoms with Gasteiger partial charge < -0.3 is 10.1 Å². The molecule has 1 N–H and O–H groups in total. The summed E-state index contributed by atoms with van der Waals surface area (Å²) < 4.78 is 5.13. The van der Waals surface area contributed by atoms with Crippen molar-refractivity contribution in [3.8, 4) is 0 Å². The highest BCUT2D eigenvalue weighted by Crippen LogP contribution is 2.25. The summed E-state index contributed by atoms with van der Waals surface area (Å²) in [4.78, 5) is 33.7. The van der Waals surface area contributed by atoms with E-state index in [4.69, 9.17) is 4.74 Å². The lowest BCUT2D eigenvalue weighted by molar-refractivity contribution is -0.385. The van der Waals surface area contributed by atoms with Crippen LogP contribution in [0.2, 0.25) is 0 Å². The third kappa shape index (κ3) is 5.10. The average molecular weight is 373 g/mol. The summed E-state index contributed by atoms with van der Waals surface area (Å²) in [5.74, 6) is -1.22. The second-order valence-corrected chi connectivity index (χ2v) is 6.14. The second-order valence-electron chi connectivity index (χ2n) is 5.29. The Morgan fingerprint density at radius 2 is 2.05 bits per heavy atom. The van der Waals surface area contributed by atoms with Crippen LogP contribution in [0, 0.1) is 10.1 Å². The summed E-state index contributed by atoms with van der Waals surface area (Å²) in [5, 5.41) is 13.5. The maximum Gasteiger partial charge on any atom is 0.338 e. The van der Waals surface area contributed by atoms with E-state index in [0.29, 0.717) is 0 Å². The molecule has 0 heterocycles. The van der Waals surface area contributed by atoms with Crippen molar-refractivity contribution < 1.29 is 19.2 Å². The van der Waals surface area contributed by atoms with Crippen LogP contribution in [0.15, 0.2) is 22.7 Å². The van der Waals surface area contributed by atoms with Crippen molar-refractivity contribution in [2.45, 2.75) is 32.7 Å². The molecule has 0 aromatic heterocycles. The lowest BCUT2D eigenvalue weighted by Gasteiger charge is -2.24. The molecule has 0 radical (unpaired) electrons. The predicted molar refractivity (Wildman–Crippen MR) is 83.6 cm³/mol. The Hall–Kier alpha value is -1.96. The number of nitro benzene ring substituents is 1. The minimum Gasteiger partial charge on any atom is -0.452 e. The molecule has 0 spiro atoms. The number of esters is 1. The van der Waals surface area contributed by atoms with Crippen molar-refractivity contribution in [1.82, 2.24) is 5.32 Å². The number of halogens is 1. The molecule has 1 amide bonds. The molecule has 120 valence electrons. The van der Waals surface area contributed by atoms with Crippen LogP contribution in [-0.4, -0.2) is 28.9 Å². The lowest BCUT2D eigenvalue weighted by atomic mass is 10.0. The fourth-order valence-electron chi connectivity index (χ4n) is 1.50. The largest absolute Gasteiger partial charge is 0.452 e. The normalized spacial score (nSPS) is 10.9. The minimum atomic E-state index is -0.792. The maximum atomic E-state index is 11.8. The molecule has 0 aliphatic heterocycles. The number of benzene rings is 1. The Bertz CT molecular complexity index is 601. The number of ether oxygens (including phenoxy) is 1. The van der Waals surface area contributed by atoms with Crippen LogP contribution < -0.4 is 5.32 Å². The van der Waals surface area contributed by atoms with Gasteiger partial charge in [-0.1, -0.05) is 6.92 Å². The molecule has 1 aromatic carbocycles. The van der Waals surface area contributed by atoms with Crippen molar-refractivity contribution >= 4 is 33.5 Å². The van der Waals surface area contributed by atoms with E-state index in [-0.39, 0.29) is 21.3 Å². The molecule has 0 bridgehead atoms. The zero-order chi connectivity index (χ0) is 16.9. The van der Waals surface area contributed by atoms with Gasteiger partial charge in [-0.3, -0.25) is 14.9 Å². The number of hydrogen-bond acceptors (Lipinski definition) is 5. The van der Waals surface area contributed by atoms with E-state index >= 15 is 0 Å². The first kappa shape index (κ1) is 18.1. The summed E-state index contributed by atoms with van der Waals surface area (Å²) in [6, 6.07) is 3.86. The molecule has 8 heteroatoms. The average Bonchev–Trinajstić information content (AvgIpc) is 2.44. The number of carbonyl (C=O) groups is 2. The highest BCUT2D eigenvalue weighted by molar-refractivity contribution is 9.10. The molecule has 0 fully saturated rings. The molecule has 0 saturated heterocycles. The van der Waals surface area contributed by atoms with Gasteiger partial charge in [0.25, 0.3) is 11.6 Å². The minimum absolute atomic E-state index is 0.0115. The molecule has 0 unspecified atom stereocenters. The summed E-state index contributed by atoms with van der Waals surface area (Å²) >= 11 is 3.03. The van der Waals surface area contributed by atoms with Gasteiger partial charge in [0.1, 0.15) is 0 Å². The van der Waals surface area contributed by atoms with Crippen LogP contribution in [0.3, 0.4) is 0 Å². The molecule has 7 nitrogen and oxygen atoms in total. The summed E-state index contributed by atoms with van der Waals surface area (Å²) in [6.07, 6.45) is 0.728. The fourth-order valence-corrected chi connectivity index (χ4v) is 1.89. The van der Waals surface area contributed by atoms with E-state index in [9.17, 15) is 19.7 Å². The van der Waals surface area contributed by atoms with E-state index in [1.165, 1.54) is 12.1 Å². The van der Waals surface area contributed by atoms with Crippen molar-refractivity contribution in [2.75, 3.05) is 6.61 Å². The zero-order valence-corrected chi connectivity index (χ0v) is 14.1. The van der Waals surface area contributed by atoms with Crippen LogP contribution in [-0.2, 0) is 9.53 Å². The quantitative estimate of drug-likeness (QED) is 0.470. The van der Waals surface area contributed by atoms with E-state index < -0.39 is 23.4 Å². The summed E-state index contributed by atoms with van der Waals surface area (Å²) in [5.41, 5.74) is -0.622. The Morgan fingerprint density at radius 1 is 1.41 bits per heavy atom. The Morgan fingerprint density at radius 3 is 2.59 bits per heavy atom. The molecule has 22 heavy (non-hydrogen) atoms. The highest BCUT2D eigenvalue weighted by atomic mass is 79.9. The van der Waals surface area contributed by atoms with E-state index in [1.807, 2.05) is 20.8 Å². The van der Waals surface area contributed by atoms with E-state index in [0.717, 1.165) is 12.5 Å². The molecule has 0 aliphatic rings. The second kappa shape index (κ2) is 7.35. The molecular formula is C14H17BrN2O5. The summed E-state index contributed by atoms with van der Waals surface area (Å²) in [7, 11) is 0. The van der Waals surface area contributed by atoms with Crippen LogP contribution in [0.1, 0.15) is 37.6 Å². The van der Waals surface area contributed by atoms with Gasteiger partial charge in [-0.2, -0.15) is 0 Å². The first-order valence-corrected chi connectivity index (χ1v) is 7.37. The van der Waals surface area contributed by atoms with Gasteiger partial charge in [-0.25, -0.2) is 4.79 Å². The molecule has 1 aromatic rings. The predicted octanol–water partition coefficient (Wildman–Crippen LogP) is 2.82. The van der Waals surface area contributed by atoms with Crippen LogP contribution in [0.5, 0.6) is 0 Å². The van der Waals surface area contributed by atoms with Crippen LogP contribution in [0.4, 0.5) is 5.69 Å². The number of nitrogens with zero attached hydrogens (tertiary/aromatic N) is 1. The van der Waals surface area contributed by atoms with Gasteiger partial charge in [0, 0.05) is 11.6 Å². The summed E-state index contributed by atoms with van der Waals surface area (Å²) in [6.45, 7) is 5.19. The van der Waals surface area contributed by atoms with E-state index in [2.05, 4.69) is 21.2 Å². The van der Waals surface area contributed by atoms with Gasteiger partial charge in [-0.05, 0) is 48.3 Å². The number of carbonyl (C=O) groups excluding carboxylic acids is 2. The number of hydrogen-bond donors (Lipinski definition) is 1. The Labute approximate surface area is 136 Å². The first-order valence-electron chi connectivity index (χ1n) is 6.58. The lowest BCUT2D eigenvalue weighted by Crippen LogP contribution is -2.44. The first-order chi connectivity index (χ1) is 10.2. The topological polar surface area (TPSA) is 98.5 Å². The third-order valence-electron chi connectivity index (χ3n) is 3.07. The van der Waals surface area contributed by atoms with Gasteiger partial charge in [0.15, 0.2) is 6.61 Å².